The summed E-state index contributed by atoms with van der Waals surface area (Å²) in [4.78, 5) is 11.7. The van der Waals surface area contributed by atoms with E-state index in [1.165, 1.54) is 50.5 Å². The minimum atomic E-state index is 0.0226. The molecule has 1 unspecified atom stereocenters. The molecular weight excluding hydrogens is 296 g/mol. The standard InChI is InChI=1S/C21H34N2O/c1-3-4-5-6-7-8-9-10-14-17-21(24)23-22-18-19(2)20-15-12-11-13-16-20/h11-13,15-16,18-19H,3-10,14,17H2,1-2H3,(H,23,24). The molecule has 0 saturated carbocycles. The number of benzene rings is 1. The number of nitrogens with zero attached hydrogens (tertiary/aromatic N) is 1. The van der Waals surface area contributed by atoms with Crippen LogP contribution in [0.3, 0.4) is 0 Å². The molecule has 0 saturated heterocycles. The predicted molar refractivity (Wildman–Crippen MR) is 103 cm³/mol. The Kier molecular flexibility index (Phi) is 11.7. The maximum absolute atomic E-state index is 11.7. The summed E-state index contributed by atoms with van der Waals surface area (Å²) in [6, 6.07) is 10.2. The van der Waals surface area contributed by atoms with Crippen molar-refractivity contribution in [1.82, 2.24) is 5.43 Å². The van der Waals surface area contributed by atoms with Crippen LogP contribution in [0.5, 0.6) is 0 Å². The largest absolute Gasteiger partial charge is 0.273 e. The molecule has 0 aromatic heterocycles. The van der Waals surface area contributed by atoms with E-state index >= 15 is 0 Å². The van der Waals surface area contributed by atoms with Crippen molar-refractivity contribution in [2.75, 3.05) is 0 Å². The third-order valence-electron chi connectivity index (χ3n) is 4.32. The van der Waals surface area contributed by atoms with E-state index in [4.69, 9.17) is 0 Å². The first-order valence-corrected chi connectivity index (χ1v) is 9.61. The van der Waals surface area contributed by atoms with Gasteiger partial charge in [0.2, 0.25) is 5.91 Å². The van der Waals surface area contributed by atoms with E-state index in [9.17, 15) is 4.79 Å². The van der Waals surface area contributed by atoms with Gasteiger partial charge in [0.15, 0.2) is 0 Å². The lowest BCUT2D eigenvalue weighted by molar-refractivity contribution is -0.121. The monoisotopic (exact) mass is 330 g/mol. The minimum absolute atomic E-state index is 0.0226. The molecule has 3 heteroatoms. The Hall–Kier alpha value is -1.64. The summed E-state index contributed by atoms with van der Waals surface area (Å²) in [6.45, 7) is 4.32. The Labute approximate surface area is 147 Å². The summed E-state index contributed by atoms with van der Waals surface area (Å²) in [5.74, 6) is 0.230. The van der Waals surface area contributed by atoms with Crippen molar-refractivity contribution in [3.05, 3.63) is 35.9 Å². The van der Waals surface area contributed by atoms with Crippen LogP contribution < -0.4 is 5.43 Å². The van der Waals surface area contributed by atoms with Crippen LogP contribution in [-0.2, 0) is 4.79 Å². The highest BCUT2D eigenvalue weighted by molar-refractivity contribution is 5.77. The maximum atomic E-state index is 11.7. The van der Waals surface area contributed by atoms with Gasteiger partial charge in [-0.1, -0.05) is 95.5 Å². The second-order valence-corrected chi connectivity index (χ2v) is 6.59. The first-order chi connectivity index (χ1) is 11.7. The molecule has 24 heavy (non-hydrogen) atoms. The molecule has 0 bridgehead atoms. The van der Waals surface area contributed by atoms with Gasteiger partial charge in [-0.15, -0.1) is 0 Å². The van der Waals surface area contributed by atoms with Gasteiger partial charge in [-0.25, -0.2) is 5.43 Å². The number of hydrazone groups is 1. The SMILES string of the molecule is CCCCCCCCCCCC(=O)NN=CC(C)c1ccccc1. The zero-order chi connectivity index (χ0) is 17.5. The van der Waals surface area contributed by atoms with Gasteiger partial charge in [-0.2, -0.15) is 5.10 Å². The van der Waals surface area contributed by atoms with E-state index in [1.54, 1.807) is 6.21 Å². The van der Waals surface area contributed by atoms with E-state index in [0.29, 0.717) is 6.42 Å². The number of rotatable bonds is 13. The van der Waals surface area contributed by atoms with Crippen molar-refractivity contribution >= 4 is 12.1 Å². The van der Waals surface area contributed by atoms with Crippen molar-refractivity contribution in [3.63, 3.8) is 0 Å². The Morgan fingerprint density at radius 1 is 1.00 bits per heavy atom. The fourth-order valence-corrected chi connectivity index (χ4v) is 2.72. The van der Waals surface area contributed by atoms with Crippen LogP contribution in [0.1, 0.15) is 89.5 Å². The zero-order valence-electron chi connectivity index (χ0n) is 15.5. The van der Waals surface area contributed by atoms with Crippen LogP contribution in [0.25, 0.3) is 0 Å². The number of carbonyl (C=O) groups excluding carboxylic acids is 1. The molecule has 1 atom stereocenters. The van der Waals surface area contributed by atoms with Crippen molar-refractivity contribution in [2.45, 2.75) is 84.0 Å². The van der Waals surface area contributed by atoms with Gasteiger partial charge in [-0.3, -0.25) is 4.79 Å². The van der Waals surface area contributed by atoms with E-state index in [-0.39, 0.29) is 11.8 Å². The van der Waals surface area contributed by atoms with Crippen LogP contribution in [0.15, 0.2) is 35.4 Å². The molecule has 1 N–H and O–H groups in total. The maximum Gasteiger partial charge on any atom is 0.240 e. The van der Waals surface area contributed by atoms with Gasteiger partial charge >= 0.3 is 0 Å². The second kappa shape index (κ2) is 13.8. The molecule has 0 aliphatic heterocycles. The lowest BCUT2D eigenvalue weighted by atomic mass is 10.0. The van der Waals surface area contributed by atoms with Crippen LogP contribution in [0.4, 0.5) is 0 Å². The van der Waals surface area contributed by atoms with Gasteiger partial charge in [0, 0.05) is 18.6 Å². The van der Waals surface area contributed by atoms with Crippen LogP contribution in [-0.4, -0.2) is 12.1 Å². The van der Waals surface area contributed by atoms with Crippen molar-refractivity contribution in [3.8, 4) is 0 Å². The van der Waals surface area contributed by atoms with Gasteiger partial charge < -0.3 is 0 Å². The predicted octanol–water partition coefficient (Wildman–Crippen LogP) is 5.81. The summed E-state index contributed by atoms with van der Waals surface area (Å²) < 4.78 is 0. The number of nitrogens with one attached hydrogen (secondary N) is 1. The third-order valence-corrected chi connectivity index (χ3v) is 4.32. The number of hydrogen-bond donors (Lipinski definition) is 1. The zero-order valence-corrected chi connectivity index (χ0v) is 15.5. The molecule has 1 rings (SSSR count). The second-order valence-electron chi connectivity index (χ2n) is 6.59. The van der Waals surface area contributed by atoms with Gasteiger partial charge in [0.25, 0.3) is 0 Å². The van der Waals surface area contributed by atoms with E-state index in [0.717, 1.165) is 12.8 Å². The average Bonchev–Trinajstić information content (AvgIpc) is 2.61. The van der Waals surface area contributed by atoms with E-state index < -0.39 is 0 Å². The van der Waals surface area contributed by atoms with Crippen molar-refractivity contribution in [1.29, 1.82) is 0 Å². The van der Waals surface area contributed by atoms with E-state index in [2.05, 4.69) is 36.5 Å². The molecule has 1 aromatic rings. The molecule has 0 aliphatic carbocycles. The Bertz CT molecular complexity index is 456. The molecule has 1 aromatic carbocycles. The van der Waals surface area contributed by atoms with Crippen molar-refractivity contribution < 1.29 is 4.79 Å². The summed E-state index contributed by atoms with van der Waals surface area (Å²) in [5, 5.41) is 4.08. The first-order valence-electron chi connectivity index (χ1n) is 9.61. The Morgan fingerprint density at radius 2 is 1.58 bits per heavy atom. The molecule has 0 radical (unpaired) electrons. The quantitative estimate of drug-likeness (QED) is 0.277. The number of unbranched alkanes of at least 4 members (excludes halogenated alkanes) is 8. The van der Waals surface area contributed by atoms with Crippen molar-refractivity contribution in [2.24, 2.45) is 5.10 Å². The molecule has 0 aliphatic rings. The highest BCUT2D eigenvalue weighted by Crippen LogP contribution is 2.12. The number of amides is 1. The van der Waals surface area contributed by atoms with Gasteiger partial charge in [-0.05, 0) is 12.0 Å². The smallest absolute Gasteiger partial charge is 0.240 e. The molecule has 3 nitrogen and oxygen atoms in total. The summed E-state index contributed by atoms with van der Waals surface area (Å²) in [5.41, 5.74) is 3.84. The number of hydrogen-bond acceptors (Lipinski definition) is 2. The third kappa shape index (κ3) is 10.2. The Balaban J connectivity index is 2.01. The summed E-state index contributed by atoms with van der Waals surface area (Å²) in [6.07, 6.45) is 13.8. The van der Waals surface area contributed by atoms with Gasteiger partial charge in [0.1, 0.15) is 0 Å². The summed E-state index contributed by atoms with van der Waals surface area (Å²) in [7, 11) is 0. The fraction of sp³-hybridized carbons (Fsp3) is 0.619. The van der Waals surface area contributed by atoms with Crippen LogP contribution >= 0.6 is 0 Å². The normalized spacial score (nSPS) is 12.4. The van der Waals surface area contributed by atoms with Crippen LogP contribution in [0.2, 0.25) is 0 Å². The minimum Gasteiger partial charge on any atom is -0.273 e. The molecule has 0 spiro atoms. The lowest BCUT2D eigenvalue weighted by Gasteiger charge is -2.05. The number of carbonyl (C=O) groups is 1. The average molecular weight is 331 g/mol. The molecule has 0 heterocycles. The lowest BCUT2D eigenvalue weighted by Crippen LogP contribution is -2.17. The molecular formula is C21H34N2O. The van der Waals surface area contributed by atoms with Crippen LogP contribution in [0, 0.1) is 0 Å². The Morgan fingerprint density at radius 3 is 2.21 bits per heavy atom. The molecule has 1 amide bonds. The van der Waals surface area contributed by atoms with E-state index in [1.807, 2.05) is 18.2 Å². The summed E-state index contributed by atoms with van der Waals surface area (Å²) >= 11 is 0. The fourth-order valence-electron chi connectivity index (χ4n) is 2.72. The topological polar surface area (TPSA) is 41.5 Å². The van der Waals surface area contributed by atoms with Gasteiger partial charge in [0.05, 0.1) is 0 Å². The first kappa shape index (κ1) is 20.4. The highest BCUT2D eigenvalue weighted by Gasteiger charge is 2.02. The highest BCUT2D eigenvalue weighted by atomic mass is 16.2. The molecule has 134 valence electrons. The molecule has 0 fully saturated rings.